The van der Waals surface area contributed by atoms with Crippen LogP contribution >= 0.6 is 0 Å². The van der Waals surface area contributed by atoms with Crippen molar-refractivity contribution in [2.45, 2.75) is 51.6 Å². The van der Waals surface area contributed by atoms with Crippen molar-refractivity contribution in [2.75, 3.05) is 7.11 Å². The first kappa shape index (κ1) is 22.1. The maximum atomic E-state index is 13.1. The highest BCUT2D eigenvalue weighted by molar-refractivity contribution is 7.89. The number of esters is 1. The van der Waals surface area contributed by atoms with Crippen molar-refractivity contribution in [2.24, 2.45) is 0 Å². The van der Waals surface area contributed by atoms with Gasteiger partial charge in [0.25, 0.3) is 0 Å². The summed E-state index contributed by atoms with van der Waals surface area (Å²) in [5.74, 6) is -0.400. The lowest BCUT2D eigenvalue weighted by molar-refractivity contribution is 0.0601. The second-order valence-electron chi connectivity index (χ2n) is 7.69. The third-order valence-electron chi connectivity index (χ3n) is 5.30. The van der Waals surface area contributed by atoms with Gasteiger partial charge in [-0.15, -0.1) is 0 Å². The number of aromatic nitrogens is 1. The van der Waals surface area contributed by atoms with Gasteiger partial charge >= 0.3 is 5.97 Å². The molecule has 0 radical (unpaired) electrons. The van der Waals surface area contributed by atoms with Crippen LogP contribution in [0.3, 0.4) is 0 Å². The number of nitrogens with one attached hydrogen (secondary N) is 1. The molecule has 160 valence electrons. The summed E-state index contributed by atoms with van der Waals surface area (Å²) >= 11 is 0. The molecule has 1 heterocycles. The predicted octanol–water partition coefficient (Wildman–Crippen LogP) is 4.11. The van der Waals surface area contributed by atoms with Crippen molar-refractivity contribution in [1.29, 1.82) is 0 Å². The summed E-state index contributed by atoms with van der Waals surface area (Å²) in [7, 11) is -2.32. The molecule has 1 N–H and O–H groups in total. The van der Waals surface area contributed by atoms with E-state index in [9.17, 15) is 13.2 Å². The van der Waals surface area contributed by atoms with Crippen LogP contribution in [-0.2, 0) is 21.3 Å². The fourth-order valence-electron chi connectivity index (χ4n) is 3.94. The van der Waals surface area contributed by atoms with Gasteiger partial charge in [-0.2, -0.15) is 0 Å². The molecule has 0 amide bonds. The van der Waals surface area contributed by atoms with Gasteiger partial charge in [-0.25, -0.2) is 17.9 Å². The number of hydrogen-bond donors (Lipinski definition) is 1. The molecule has 0 aliphatic rings. The molecule has 0 aliphatic heterocycles. The largest absolute Gasteiger partial charge is 0.465 e. The van der Waals surface area contributed by atoms with E-state index >= 15 is 0 Å². The van der Waals surface area contributed by atoms with Crippen LogP contribution in [0, 0.1) is 20.8 Å². The molecular weight excluding hydrogens is 400 g/mol. The second kappa shape index (κ2) is 8.62. The number of benzene rings is 2. The molecule has 0 aliphatic carbocycles. The topological polar surface area (TPSA) is 77.4 Å². The zero-order chi connectivity index (χ0) is 22.1. The van der Waals surface area contributed by atoms with Gasteiger partial charge in [0, 0.05) is 24.3 Å². The third-order valence-corrected chi connectivity index (χ3v) is 7.13. The Kier molecular flexibility index (Phi) is 6.33. The fourth-order valence-corrected chi connectivity index (χ4v) is 5.71. The van der Waals surface area contributed by atoms with Crippen molar-refractivity contribution in [1.82, 2.24) is 9.29 Å². The summed E-state index contributed by atoms with van der Waals surface area (Å²) in [6.07, 6.45) is 2.53. The molecule has 0 bridgehead atoms. The molecule has 0 saturated heterocycles. The van der Waals surface area contributed by atoms with Crippen molar-refractivity contribution in [3.05, 3.63) is 64.8 Å². The van der Waals surface area contributed by atoms with Crippen LogP contribution in [0.4, 0.5) is 0 Å². The highest BCUT2D eigenvalue weighted by atomic mass is 32.2. The van der Waals surface area contributed by atoms with Gasteiger partial charge in [0.05, 0.1) is 17.6 Å². The number of rotatable bonds is 7. The van der Waals surface area contributed by atoms with Gasteiger partial charge in [-0.3, -0.25) is 0 Å². The number of ether oxygens (including phenoxy) is 1. The molecular formula is C23H28N2O4S. The molecule has 3 rings (SSSR count). The van der Waals surface area contributed by atoms with Crippen molar-refractivity contribution < 1.29 is 17.9 Å². The lowest BCUT2D eigenvalue weighted by Gasteiger charge is -2.20. The van der Waals surface area contributed by atoms with Gasteiger partial charge in [-0.05, 0) is 61.9 Å². The van der Waals surface area contributed by atoms with E-state index in [0.29, 0.717) is 23.4 Å². The van der Waals surface area contributed by atoms with Gasteiger partial charge in [0.2, 0.25) is 10.0 Å². The minimum Gasteiger partial charge on any atom is -0.465 e. The fraction of sp³-hybridized carbons (Fsp3) is 0.348. The first-order valence-electron chi connectivity index (χ1n) is 9.93. The molecule has 0 spiro atoms. The first-order chi connectivity index (χ1) is 14.2. The van der Waals surface area contributed by atoms with Crippen LogP contribution in [-0.4, -0.2) is 32.1 Å². The minimum absolute atomic E-state index is 0.299. The molecule has 6 nitrogen and oxygen atoms in total. The zero-order valence-electron chi connectivity index (χ0n) is 18.0. The van der Waals surface area contributed by atoms with Crippen molar-refractivity contribution in [3.63, 3.8) is 0 Å². The Balaban J connectivity index is 1.90. The third kappa shape index (κ3) is 4.42. The summed E-state index contributed by atoms with van der Waals surface area (Å²) in [6.45, 7) is 8.01. The molecule has 0 unspecified atom stereocenters. The van der Waals surface area contributed by atoms with Crippen molar-refractivity contribution >= 4 is 26.9 Å². The summed E-state index contributed by atoms with van der Waals surface area (Å²) in [5, 5.41) is 0.977. The van der Waals surface area contributed by atoms with Crippen LogP contribution in [0.5, 0.6) is 0 Å². The van der Waals surface area contributed by atoms with E-state index in [1.165, 1.54) is 7.11 Å². The van der Waals surface area contributed by atoms with E-state index in [4.69, 9.17) is 4.74 Å². The molecule has 3 aromatic rings. The highest BCUT2D eigenvalue weighted by Gasteiger charge is 2.23. The Labute approximate surface area is 177 Å². The van der Waals surface area contributed by atoms with Crippen LogP contribution in [0.2, 0.25) is 0 Å². The molecule has 1 aromatic heterocycles. The van der Waals surface area contributed by atoms with E-state index in [-0.39, 0.29) is 6.04 Å². The average Bonchev–Trinajstić information content (AvgIpc) is 3.07. The number of carbonyl (C=O) groups is 1. The summed E-state index contributed by atoms with van der Waals surface area (Å²) in [5.41, 5.74) is 3.84. The second-order valence-corrected chi connectivity index (χ2v) is 9.34. The van der Waals surface area contributed by atoms with Crippen molar-refractivity contribution in [3.8, 4) is 0 Å². The number of methoxy groups -OCH3 is 1. The summed E-state index contributed by atoms with van der Waals surface area (Å²) < 4.78 is 35.9. The SMILES string of the molecule is CC[C@H](Cn1ccc2ccc(C(=O)OC)cc21)NS(=O)(=O)c1c(C)cc(C)cc1C. The predicted molar refractivity (Wildman–Crippen MR) is 118 cm³/mol. The minimum atomic E-state index is -3.67. The number of fused-ring (bicyclic) bond motifs is 1. The maximum absolute atomic E-state index is 13.1. The summed E-state index contributed by atoms with van der Waals surface area (Å²) in [6, 6.07) is 10.8. The standard InChI is InChI=1S/C23H28N2O4S/c1-6-20(24-30(27,28)22-16(3)11-15(2)12-17(22)4)14-25-10-9-18-7-8-19(13-21(18)25)23(26)29-5/h7-13,20,24H,6,14H2,1-5H3/t20-/m1/s1. The molecule has 7 heteroatoms. The molecule has 30 heavy (non-hydrogen) atoms. The van der Waals surface area contributed by atoms with E-state index in [0.717, 1.165) is 27.6 Å². The van der Waals surface area contributed by atoms with Crippen LogP contribution in [0.25, 0.3) is 10.9 Å². The lowest BCUT2D eigenvalue weighted by atomic mass is 10.1. The van der Waals surface area contributed by atoms with Gasteiger partial charge < -0.3 is 9.30 Å². The van der Waals surface area contributed by atoms with E-state index in [1.807, 2.05) is 62.7 Å². The normalized spacial score (nSPS) is 12.8. The van der Waals surface area contributed by atoms with E-state index < -0.39 is 16.0 Å². The number of nitrogens with zero attached hydrogens (tertiary/aromatic N) is 1. The lowest BCUT2D eigenvalue weighted by Crippen LogP contribution is -2.38. The average molecular weight is 429 g/mol. The Morgan fingerprint density at radius 3 is 2.37 bits per heavy atom. The van der Waals surface area contributed by atoms with Gasteiger partial charge in [0.1, 0.15) is 0 Å². The van der Waals surface area contributed by atoms with Gasteiger partial charge in [-0.1, -0.05) is 30.7 Å². The molecule has 1 atom stereocenters. The number of hydrogen-bond acceptors (Lipinski definition) is 4. The van der Waals surface area contributed by atoms with Gasteiger partial charge in [0.15, 0.2) is 0 Å². The Hall–Kier alpha value is -2.64. The van der Waals surface area contributed by atoms with E-state index in [2.05, 4.69) is 4.72 Å². The first-order valence-corrected chi connectivity index (χ1v) is 11.4. The van der Waals surface area contributed by atoms with Crippen LogP contribution in [0.1, 0.15) is 40.4 Å². The Bertz CT molecular complexity index is 1170. The number of sulfonamides is 1. The smallest absolute Gasteiger partial charge is 0.337 e. The Morgan fingerprint density at radius 2 is 1.77 bits per heavy atom. The number of aryl methyl sites for hydroxylation is 3. The monoisotopic (exact) mass is 428 g/mol. The number of carbonyl (C=O) groups excluding carboxylic acids is 1. The highest BCUT2D eigenvalue weighted by Crippen LogP contribution is 2.23. The maximum Gasteiger partial charge on any atom is 0.337 e. The quantitative estimate of drug-likeness (QED) is 0.575. The summed E-state index contributed by atoms with van der Waals surface area (Å²) in [4.78, 5) is 12.2. The molecule has 2 aromatic carbocycles. The van der Waals surface area contributed by atoms with Crippen LogP contribution < -0.4 is 4.72 Å². The zero-order valence-corrected chi connectivity index (χ0v) is 18.8. The van der Waals surface area contributed by atoms with Crippen LogP contribution in [0.15, 0.2) is 47.5 Å². The molecule has 0 fully saturated rings. The van der Waals surface area contributed by atoms with E-state index in [1.54, 1.807) is 12.1 Å². The molecule has 0 saturated carbocycles. The Morgan fingerprint density at radius 1 is 1.10 bits per heavy atom.